The van der Waals surface area contributed by atoms with Gasteiger partial charge in [-0.15, -0.1) is 0 Å². The number of benzene rings is 4. The monoisotopic (exact) mass is 617 g/mol. The minimum absolute atomic E-state index is 0.00746. The van der Waals surface area contributed by atoms with E-state index in [0.29, 0.717) is 23.7 Å². The fourth-order valence-electron chi connectivity index (χ4n) is 5.50. The van der Waals surface area contributed by atoms with Crippen molar-refractivity contribution in [2.24, 2.45) is 5.92 Å². The molecule has 1 heterocycles. The van der Waals surface area contributed by atoms with Crippen molar-refractivity contribution in [3.8, 4) is 5.75 Å². The van der Waals surface area contributed by atoms with Crippen LogP contribution in [0.15, 0.2) is 109 Å². The molecule has 236 valence electrons. The average molecular weight is 618 g/mol. The third-order valence-corrected chi connectivity index (χ3v) is 8.07. The number of carbonyl (C=O) groups excluding carboxylic acids is 3. The van der Waals surface area contributed by atoms with Gasteiger partial charge in [0.15, 0.2) is 0 Å². The van der Waals surface area contributed by atoms with Gasteiger partial charge in [0, 0.05) is 23.4 Å². The quantitative estimate of drug-likeness (QED) is 0.111. The summed E-state index contributed by atoms with van der Waals surface area (Å²) < 4.78 is 13.1. The highest BCUT2D eigenvalue weighted by Gasteiger charge is 2.24. The molecule has 2 amide bonds. The zero-order valence-corrected chi connectivity index (χ0v) is 26.4. The van der Waals surface area contributed by atoms with Crippen LogP contribution in [0.4, 0.5) is 21.9 Å². The molecule has 5 rings (SSSR count). The lowest BCUT2D eigenvalue weighted by atomic mass is 9.98. The minimum Gasteiger partial charge on any atom is -0.496 e. The Hall–Kier alpha value is -5.37. The van der Waals surface area contributed by atoms with E-state index in [4.69, 9.17) is 9.47 Å². The van der Waals surface area contributed by atoms with Crippen LogP contribution in [0.25, 0.3) is 10.9 Å². The lowest BCUT2D eigenvalue weighted by Crippen LogP contribution is -2.29. The van der Waals surface area contributed by atoms with Crippen molar-refractivity contribution in [3.63, 3.8) is 0 Å². The average Bonchev–Trinajstić information content (AvgIpc) is 3.48. The number of hydrogen-bond acceptors (Lipinski definition) is 5. The molecule has 8 heteroatoms. The first kappa shape index (κ1) is 32.0. The molecule has 0 aliphatic carbocycles. The maximum absolute atomic E-state index is 13.3. The van der Waals surface area contributed by atoms with Crippen molar-refractivity contribution < 1.29 is 23.9 Å². The van der Waals surface area contributed by atoms with E-state index >= 15 is 0 Å². The SMILES string of the molecule is CCCCC(CC)C(=O)Nc1ccc2ccn(Cc3ccc(C(=O)OC(=O)N(c4ccccc4)c4ccccc4)cc3OC)c2c1. The van der Waals surface area contributed by atoms with Crippen molar-refractivity contribution in [1.29, 1.82) is 0 Å². The van der Waals surface area contributed by atoms with Gasteiger partial charge in [-0.1, -0.05) is 75.2 Å². The molecule has 4 aromatic carbocycles. The van der Waals surface area contributed by atoms with Crippen LogP contribution in [0.1, 0.15) is 55.5 Å². The molecule has 1 N–H and O–H groups in total. The smallest absolute Gasteiger partial charge is 0.426 e. The second kappa shape index (κ2) is 15.1. The second-order valence-corrected chi connectivity index (χ2v) is 11.1. The fourth-order valence-corrected chi connectivity index (χ4v) is 5.50. The number of anilines is 3. The highest BCUT2D eigenvalue weighted by molar-refractivity contribution is 6.05. The molecule has 0 aliphatic rings. The van der Waals surface area contributed by atoms with Gasteiger partial charge in [-0.2, -0.15) is 0 Å². The first-order chi connectivity index (χ1) is 22.4. The van der Waals surface area contributed by atoms with Gasteiger partial charge < -0.3 is 19.4 Å². The third kappa shape index (κ3) is 7.46. The summed E-state index contributed by atoms with van der Waals surface area (Å²) in [5.74, 6) is -0.264. The summed E-state index contributed by atoms with van der Waals surface area (Å²) in [6, 6.07) is 31.0. The zero-order valence-electron chi connectivity index (χ0n) is 26.4. The van der Waals surface area contributed by atoms with E-state index in [0.717, 1.165) is 47.8 Å². The third-order valence-electron chi connectivity index (χ3n) is 8.07. The Bertz CT molecular complexity index is 1760. The van der Waals surface area contributed by atoms with E-state index in [2.05, 4.69) is 23.7 Å². The van der Waals surface area contributed by atoms with E-state index in [1.54, 1.807) is 42.5 Å². The van der Waals surface area contributed by atoms with Crippen molar-refractivity contribution in [3.05, 3.63) is 120 Å². The molecule has 46 heavy (non-hydrogen) atoms. The largest absolute Gasteiger partial charge is 0.496 e. The molecular weight excluding hydrogens is 578 g/mol. The van der Waals surface area contributed by atoms with Crippen molar-refractivity contribution >= 4 is 45.9 Å². The number of nitrogens with one attached hydrogen (secondary N) is 1. The van der Waals surface area contributed by atoms with Gasteiger partial charge in [0.05, 0.1) is 36.1 Å². The molecule has 1 aromatic heterocycles. The van der Waals surface area contributed by atoms with Crippen LogP contribution in [0.3, 0.4) is 0 Å². The second-order valence-electron chi connectivity index (χ2n) is 11.1. The van der Waals surface area contributed by atoms with E-state index < -0.39 is 12.1 Å². The molecular formula is C38H39N3O5. The van der Waals surface area contributed by atoms with Gasteiger partial charge in [-0.05, 0) is 72.8 Å². The number of hydrogen-bond donors (Lipinski definition) is 1. The summed E-state index contributed by atoms with van der Waals surface area (Å²) in [5, 5.41) is 4.14. The molecule has 0 radical (unpaired) electrons. The number of methoxy groups -OCH3 is 1. The van der Waals surface area contributed by atoms with E-state index in [9.17, 15) is 14.4 Å². The molecule has 0 aliphatic heterocycles. The highest BCUT2D eigenvalue weighted by atomic mass is 16.6. The first-order valence-corrected chi connectivity index (χ1v) is 15.6. The van der Waals surface area contributed by atoms with Gasteiger partial charge in [-0.25, -0.2) is 14.5 Å². The molecule has 1 atom stereocenters. The fraction of sp³-hybridized carbons (Fsp3) is 0.237. The number of rotatable bonds is 12. The number of esters is 1. The molecule has 5 aromatic rings. The number of fused-ring (bicyclic) bond motifs is 1. The standard InChI is InChI=1S/C38H39N3O5/c1-4-6-13-27(5-2)36(42)39-31-21-20-28-22-23-40(34(28)25-31)26-30-19-18-29(24-35(30)45-3)37(43)46-38(44)41(32-14-9-7-10-15-32)33-16-11-8-12-17-33/h7-12,14-25,27H,4-6,13,26H2,1-3H3,(H,39,42). The van der Waals surface area contributed by atoms with Crippen LogP contribution in [-0.4, -0.2) is 29.6 Å². The molecule has 1 unspecified atom stereocenters. The van der Waals surface area contributed by atoms with Gasteiger partial charge in [0.1, 0.15) is 5.75 Å². The zero-order chi connectivity index (χ0) is 32.5. The summed E-state index contributed by atoms with van der Waals surface area (Å²) in [5.41, 5.74) is 3.87. The Morgan fingerprint density at radius 2 is 1.54 bits per heavy atom. The predicted octanol–water partition coefficient (Wildman–Crippen LogP) is 8.97. The van der Waals surface area contributed by atoms with Gasteiger partial charge >= 0.3 is 12.1 Å². The molecule has 0 saturated carbocycles. The highest BCUT2D eigenvalue weighted by Crippen LogP contribution is 2.29. The van der Waals surface area contributed by atoms with Crippen LogP contribution in [0.5, 0.6) is 5.75 Å². The number of ether oxygens (including phenoxy) is 2. The Kier molecular flexibility index (Phi) is 10.5. The van der Waals surface area contributed by atoms with Crippen molar-refractivity contribution in [1.82, 2.24) is 4.57 Å². The molecule has 0 saturated heterocycles. The van der Waals surface area contributed by atoms with Crippen LogP contribution in [0, 0.1) is 5.92 Å². The number of carbonyl (C=O) groups is 3. The molecule has 0 spiro atoms. The van der Waals surface area contributed by atoms with Crippen molar-refractivity contribution in [2.75, 3.05) is 17.3 Å². The Morgan fingerprint density at radius 1 is 0.848 bits per heavy atom. The van der Waals surface area contributed by atoms with Crippen LogP contribution in [0.2, 0.25) is 0 Å². The Morgan fingerprint density at radius 3 is 2.17 bits per heavy atom. The van der Waals surface area contributed by atoms with E-state index in [1.807, 2.05) is 66.9 Å². The van der Waals surface area contributed by atoms with Crippen LogP contribution in [-0.2, 0) is 16.1 Å². The summed E-state index contributed by atoms with van der Waals surface area (Å²) in [4.78, 5) is 40.8. The number of nitrogens with zero attached hydrogens (tertiary/aromatic N) is 2. The minimum atomic E-state index is -0.817. The topological polar surface area (TPSA) is 89.9 Å². The summed E-state index contributed by atoms with van der Waals surface area (Å²) in [6.45, 7) is 4.64. The number of amides is 2. The summed E-state index contributed by atoms with van der Waals surface area (Å²) >= 11 is 0. The molecule has 0 bridgehead atoms. The van der Waals surface area contributed by atoms with E-state index in [1.165, 1.54) is 12.0 Å². The van der Waals surface area contributed by atoms with Crippen LogP contribution < -0.4 is 15.0 Å². The number of para-hydroxylation sites is 2. The lowest BCUT2D eigenvalue weighted by molar-refractivity contribution is -0.120. The summed E-state index contributed by atoms with van der Waals surface area (Å²) in [6.07, 6.45) is 4.95. The maximum atomic E-state index is 13.3. The van der Waals surface area contributed by atoms with Crippen LogP contribution >= 0.6 is 0 Å². The summed E-state index contributed by atoms with van der Waals surface area (Å²) in [7, 11) is 1.54. The molecule has 8 nitrogen and oxygen atoms in total. The Labute approximate surface area is 269 Å². The lowest BCUT2D eigenvalue weighted by Gasteiger charge is -2.21. The van der Waals surface area contributed by atoms with E-state index in [-0.39, 0.29) is 17.4 Å². The number of aromatic nitrogens is 1. The van der Waals surface area contributed by atoms with Gasteiger partial charge in [0.2, 0.25) is 5.91 Å². The normalized spacial score (nSPS) is 11.5. The van der Waals surface area contributed by atoms with Crippen molar-refractivity contribution in [2.45, 2.75) is 46.1 Å². The first-order valence-electron chi connectivity index (χ1n) is 15.6. The maximum Gasteiger partial charge on any atom is 0.426 e. The number of unbranched alkanes of at least 4 members (excludes halogenated alkanes) is 1. The molecule has 0 fully saturated rings. The van der Waals surface area contributed by atoms with Gasteiger partial charge in [-0.3, -0.25) is 4.79 Å². The Balaban J connectivity index is 1.32. The van der Waals surface area contributed by atoms with Gasteiger partial charge in [0.25, 0.3) is 0 Å². The predicted molar refractivity (Wildman–Crippen MR) is 182 cm³/mol.